The number of carbonyl (C=O) groups is 3. The number of furan rings is 1. The molecule has 25 heavy (non-hydrogen) atoms. The van der Waals surface area contributed by atoms with E-state index in [1.807, 2.05) is 0 Å². The number of amides is 2. The third kappa shape index (κ3) is 3.55. The second kappa shape index (κ2) is 6.80. The maximum Gasteiger partial charge on any atom is 0.268 e. The van der Waals surface area contributed by atoms with Crippen LogP contribution in [-0.4, -0.2) is 30.2 Å². The summed E-state index contributed by atoms with van der Waals surface area (Å²) < 4.78 is 10.7. The second-order valence-corrected chi connectivity index (χ2v) is 5.78. The summed E-state index contributed by atoms with van der Waals surface area (Å²) in [6, 6.07) is 8.33. The molecule has 7 nitrogen and oxygen atoms in total. The Morgan fingerprint density at radius 1 is 1.28 bits per heavy atom. The molecule has 1 unspecified atom stereocenters. The topological polar surface area (TPSA) is 88.9 Å². The molecule has 2 aromatic rings. The molecule has 0 aliphatic carbocycles. The maximum absolute atomic E-state index is 12.5. The van der Waals surface area contributed by atoms with Crippen LogP contribution in [0.1, 0.15) is 30.0 Å². The van der Waals surface area contributed by atoms with Crippen LogP contribution in [0, 0.1) is 0 Å². The van der Waals surface area contributed by atoms with Gasteiger partial charge in [-0.3, -0.25) is 19.3 Å². The van der Waals surface area contributed by atoms with Crippen molar-refractivity contribution in [1.82, 2.24) is 5.32 Å². The van der Waals surface area contributed by atoms with E-state index in [2.05, 4.69) is 5.32 Å². The molecule has 2 heterocycles. The molecule has 1 atom stereocenters. The average Bonchev–Trinajstić information content (AvgIpc) is 3.10. The second-order valence-electron chi connectivity index (χ2n) is 5.78. The highest BCUT2D eigenvalue weighted by molar-refractivity contribution is 6.05. The number of fused-ring (bicyclic) bond motifs is 1. The van der Waals surface area contributed by atoms with Crippen LogP contribution in [0.25, 0.3) is 0 Å². The molecular formula is C18H18N2O5. The van der Waals surface area contributed by atoms with Gasteiger partial charge in [-0.2, -0.15) is 0 Å². The number of nitrogens with zero attached hydrogens (tertiary/aromatic N) is 1. The summed E-state index contributed by atoms with van der Waals surface area (Å²) in [6.07, 6.45) is 0.822. The van der Waals surface area contributed by atoms with E-state index in [0.717, 1.165) is 0 Å². The fourth-order valence-corrected chi connectivity index (χ4v) is 2.59. The molecule has 130 valence electrons. The first-order valence-corrected chi connectivity index (χ1v) is 7.88. The van der Waals surface area contributed by atoms with Gasteiger partial charge in [-0.15, -0.1) is 0 Å². The van der Waals surface area contributed by atoms with Gasteiger partial charge in [-0.25, -0.2) is 0 Å². The Hall–Kier alpha value is -3.09. The van der Waals surface area contributed by atoms with Gasteiger partial charge in [0.25, 0.3) is 5.91 Å². The Morgan fingerprint density at radius 2 is 2.08 bits per heavy atom. The van der Waals surface area contributed by atoms with E-state index in [1.54, 1.807) is 37.3 Å². The van der Waals surface area contributed by atoms with Crippen molar-refractivity contribution in [2.75, 3.05) is 11.4 Å². The number of ether oxygens (including phenoxy) is 1. The summed E-state index contributed by atoms with van der Waals surface area (Å²) in [4.78, 5) is 37.6. The van der Waals surface area contributed by atoms with Gasteiger partial charge in [0.2, 0.25) is 5.91 Å². The smallest absolute Gasteiger partial charge is 0.268 e. The molecule has 0 radical (unpaired) electrons. The van der Waals surface area contributed by atoms with Crippen molar-refractivity contribution >= 4 is 23.3 Å². The number of benzene rings is 1. The number of rotatable bonds is 5. The van der Waals surface area contributed by atoms with Crippen molar-refractivity contribution in [3.8, 4) is 5.75 Å². The van der Waals surface area contributed by atoms with Gasteiger partial charge in [0.05, 0.1) is 18.5 Å². The lowest BCUT2D eigenvalue weighted by Gasteiger charge is -2.32. The lowest BCUT2D eigenvalue weighted by Crippen LogP contribution is -2.48. The van der Waals surface area contributed by atoms with Crippen molar-refractivity contribution in [3.63, 3.8) is 0 Å². The van der Waals surface area contributed by atoms with E-state index in [0.29, 0.717) is 22.8 Å². The molecule has 1 aromatic carbocycles. The number of ketones is 1. The Bertz CT molecular complexity index is 813. The zero-order chi connectivity index (χ0) is 18.0. The zero-order valence-corrected chi connectivity index (χ0v) is 13.9. The third-order valence-electron chi connectivity index (χ3n) is 3.92. The summed E-state index contributed by atoms with van der Waals surface area (Å²) >= 11 is 0. The molecule has 1 N–H and O–H groups in total. The Labute approximate surface area is 144 Å². The zero-order valence-electron chi connectivity index (χ0n) is 13.9. The van der Waals surface area contributed by atoms with Crippen LogP contribution < -0.4 is 15.0 Å². The van der Waals surface area contributed by atoms with Crippen LogP contribution in [-0.2, 0) is 16.1 Å². The Morgan fingerprint density at radius 3 is 2.76 bits per heavy atom. The number of anilines is 1. The maximum atomic E-state index is 12.5. The van der Waals surface area contributed by atoms with Crippen molar-refractivity contribution in [3.05, 3.63) is 47.9 Å². The third-order valence-corrected chi connectivity index (χ3v) is 3.92. The summed E-state index contributed by atoms with van der Waals surface area (Å²) in [5.74, 6) is 0.292. The number of nitrogens with one attached hydrogen (secondary N) is 1. The number of hydrogen-bond donors (Lipinski definition) is 1. The SMILES string of the molecule is CC(=O)c1ccc2c(c1)N(CC(=O)NCc1ccco1)C(=O)C(C)O2. The van der Waals surface area contributed by atoms with Gasteiger partial charge in [0.15, 0.2) is 11.9 Å². The predicted octanol–water partition coefficient (Wildman–Crippen LogP) is 1.91. The lowest BCUT2D eigenvalue weighted by molar-refractivity contribution is -0.128. The van der Waals surface area contributed by atoms with Crippen molar-refractivity contribution < 1.29 is 23.5 Å². The van der Waals surface area contributed by atoms with Gasteiger partial charge in [0, 0.05) is 5.56 Å². The molecule has 3 rings (SSSR count). The summed E-state index contributed by atoms with van der Waals surface area (Å²) in [6.45, 7) is 3.13. The molecule has 0 fully saturated rings. The first-order chi connectivity index (χ1) is 12.0. The average molecular weight is 342 g/mol. The summed E-state index contributed by atoms with van der Waals surface area (Å²) in [5.41, 5.74) is 0.870. The first kappa shape index (κ1) is 16.8. The minimum Gasteiger partial charge on any atom is -0.479 e. The van der Waals surface area contributed by atoms with E-state index in [9.17, 15) is 14.4 Å². The standard InChI is InChI=1S/C18H18N2O5/c1-11(21)13-5-6-16-15(8-13)20(18(23)12(2)25-16)10-17(22)19-9-14-4-3-7-24-14/h3-8,12H,9-10H2,1-2H3,(H,19,22). The minimum atomic E-state index is -0.700. The largest absolute Gasteiger partial charge is 0.479 e. The van der Waals surface area contributed by atoms with E-state index in [-0.39, 0.29) is 30.7 Å². The van der Waals surface area contributed by atoms with E-state index < -0.39 is 6.10 Å². The van der Waals surface area contributed by atoms with Crippen molar-refractivity contribution in [1.29, 1.82) is 0 Å². The Kier molecular flexibility index (Phi) is 4.56. The van der Waals surface area contributed by atoms with Crippen molar-refractivity contribution in [2.24, 2.45) is 0 Å². The first-order valence-electron chi connectivity index (χ1n) is 7.88. The van der Waals surface area contributed by atoms with Gasteiger partial charge in [-0.1, -0.05) is 0 Å². The number of hydrogen-bond acceptors (Lipinski definition) is 5. The van der Waals surface area contributed by atoms with Crippen LogP contribution >= 0.6 is 0 Å². The van der Waals surface area contributed by atoms with Gasteiger partial charge in [0.1, 0.15) is 18.1 Å². The van der Waals surface area contributed by atoms with Gasteiger partial charge in [-0.05, 0) is 44.2 Å². The van der Waals surface area contributed by atoms with Crippen LogP contribution in [0.3, 0.4) is 0 Å². The molecular weight excluding hydrogens is 324 g/mol. The number of carbonyl (C=O) groups excluding carboxylic acids is 3. The molecule has 0 bridgehead atoms. The molecule has 2 amide bonds. The lowest BCUT2D eigenvalue weighted by atomic mass is 10.1. The summed E-state index contributed by atoms with van der Waals surface area (Å²) in [7, 11) is 0. The fourth-order valence-electron chi connectivity index (χ4n) is 2.59. The molecule has 0 saturated carbocycles. The Balaban J connectivity index is 1.79. The highest BCUT2D eigenvalue weighted by Crippen LogP contribution is 2.34. The van der Waals surface area contributed by atoms with Crippen LogP contribution in [0.5, 0.6) is 5.75 Å². The van der Waals surface area contributed by atoms with Crippen LogP contribution in [0.2, 0.25) is 0 Å². The molecule has 0 spiro atoms. The fraction of sp³-hybridized carbons (Fsp3) is 0.278. The molecule has 1 aliphatic rings. The highest BCUT2D eigenvalue weighted by atomic mass is 16.5. The molecule has 0 saturated heterocycles. The predicted molar refractivity (Wildman–Crippen MR) is 89.4 cm³/mol. The van der Waals surface area contributed by atoms with Crippen LogP contribution in [0.4, 0.5) is 5.69 Å². The molecule has 7 heteroatoms. The summed E-state index contributed by atoms with van der Waals surface area (Å²) in [5, 5.41) is 2.70. The normalized spacial score (nSPS) is 16.2. The minimum absolute atomic E-state index is 0.129. The molecule has 1 aliphatic heterocycles. The van der Waals surface area contributed by atoms with E-state index >= 15 is 0 Å². The monoisotopic (exact) mass is 342 g/mol. The van der Waals surface area contributed by atoms with Gasteiger partial charge >= 0.3 is 0 Å². The van der Waals surface area contributed by atoms with Crippen molar-refractivity contribution in [2.45, 2.75) is 26.5 Å². The van der Waals surface area contributed by atoms with Gasteiger partial charge < -0.3 is 14.5 Å². The van der Waals surface area contributed by atoms with Crippen LogP contribution in [0.15, 0.2) is 41.0 Å². The van der Waals surface area contributed by atoms with E-state index in [4.69, 9.17) is 9.15 Å². The molecule has 1 aromatic heterocycles. The van der Waals surface area contributed by atoms with E-state index in [1.165, 1.54) is 18.1 Å². The highest BCUT2D eigenvalue weighted by Gasteiger charge is 2.33. The quantitative estimate of drug-likeness (QED) is 0.839. The number of Topliss-reactive ketones (excluding diaryl/α,β-unsaturated/α-hetero) is 1.